The van der Waals surface area contributed by atoms with E-state index in [2.05, 4.69) is 10.3 Å². The van der Waals surface area contributed by atoms with Crippen molar-refractivity contribution in [2.24, 2.45) is 0 Å². The fraction of sp³-hybridized carbons (Fsp3) is 0.158. The van der Waals surface area contributed by atoms with Crippen LogP contribution in [-0.4, -0.2) is 17.0 Å². The van der Waals surface area contributed by atoms with Crippen molar-refractivity contribution in [2.45, 2.75) is 18.9 Å². The van der Waals surface area contributed by atoms with E-state index in [4.69, 9.17) is 9.15 Å². The number of rotatable bonds is 3. The van der Waals surface area contributed by atoms with Gasteiger partial charge in [0.1, 0.15) is 12.0 Å². The molecule has 0 radical (unpaired) electrons. The van der Waals surface area contributed by atoms with Gasteiger partial charge in [0.25, 0.3) is 5.91 Å². The Balaban J connectivity index is 1.52. The van der Waals surface area contributed by atoms with Crippen LogP contribution < -0.4 is 10.1 Å². The van der Waals surface area contributed by atoms with Crippen LogP contribution in [0.2, 0.25) is 0 Å². The Hall–Kier alpha value is -3.08. The van der Waals surface area contributed by atoms with Gasteiger partial charge in [-0.1, -0.05) is 31.2 Å². The number of ether oxygens (including phenoxy) is 1. The summed E-state index contributed by atoms with van der Waals surface area (Å²) in [5, 5.41) is 2.92. The number of oxazole rings is 1. The number of hydrogen-bond donors (Lipinski definition) is 1. The minimum atomic E-state index is -0.534. The topological polar surface area (TPSA) is 64.4 Å². The molecule has 1 aliphatic heterocycles. The lowest BCUT2D eigenvalue weighted by molar-refractivity contribution is -0.122. The molecule has 2 atom stereocenters. The van der Waals surface area contributed by atoms with Gasteiger partial charge >= 0.3 is 0 Å². The van der Waals surface area contributed by atoms with Crippen LogP contribution in [0.4, 0.5) is 5.69 Å². The minimum absolute atomic E-state index is 0.0103. The maximum Gasteiger partial charge on any atom is 0.266 e. The second kappa shape index (κ2) is 5.85. The summed E-state index contributed by atoms with van der Waals surface area (Å²) in [5.41, 5.74) is 2.55. The van der Waals surface area contributed by atoms with Crippen molar-refractivity contribution in [1.29, 1.82) is 0 Å². The molecule has 0 fully saturated rings. The van der Waals surface area contributed by atoms with E-state index in [1.807, 2.05) is 55.5 Å². The average Bonchev–Trinajstić information content (AvgIpc) is 3.24. The van der Waals surface area contributed by atoms with Gasteiger partial charge in [-0.15, -0.1) is 0 Å². The fourth-order valence-corrected chi connectivity index (χ4v) is 2.96. The van der Waals surface area contributed by atoms with E-state index in [1.165, 1.54) is 6.26 Å². The largest absolute Gasteiger partial charge is 0.480 e. The van der Waals surface area contributed by atoms with E-state index in [0.717, 1.165) is 16.9 Å². The normalized spacial score (nSPS) is 18.7. The Morgan fingerprint density at radius 1 is 1.17 bits per heavy atom. The summed E-state index contributed by atoms with van der Waals surface area (Å²) in [6.45, 7) is 2.00. The molecule has 1 amide bonds. The van der Waals surface area contributed by atoms with Gasteiger partial charge in [-0.25, -0.2) is 4.98 Å². The predicted octanol–water partition coefficient (Wildman–Crippen LogP) is 3.84. The van der Waals surface area contributed by atoms with Crippen molar-refractivity contribution >= 4 is 11.6 Å². The van der Waals surface area contributed by atoms with Crippen LogP contribution in [0.15, 0.2) is 65.4 Å². The van der Waals surface area contributed by atoms with Gasteiger partial charge in [0.15, 0.2) is 6.10 Å². The molecular weight excluding hydrogens is 304 g/mol. The Labute approximate surface area is 139 Å². The van der Waals surface area contributed by atoms with Gasteiger partial charge in [-0.2, -0.15) is 0 Å². The molecule has 3 aromatic rings. The van der Waals surface area contributed by atoms with Crippen LogP contribution in [-0.2, 0) is 4.79 Å². The molecule has 1 aliphatic rings. The van der Waals surface area contributed by atoms with Crippen LogP contribution in [0.25, 0.3) is 11.5 Å². The van der Waals surface area contributed by atoms with Crippen molar-refractivity contribution in [3.63, 3.8) is 0 Å². The zero-order valence-corrected chi connectivity index (χ0v) is 13.1. The minimum Gasteiger partial charge on any atom is -0.480 e. The van der Waals surface area contributed by atoms with Gasteiger partial charge in [0.05, 0.1) is 6.20 Å². The highest BCUT2D eigenvalue weighted by molar-refractivity contribution is 5.96. The molecule has 2 aromatic carbocycles. The molecule has 0 bridgehead atoms. The third-order valence-corrected chi connectivity index (χ3v) is 4.19. The van der Waals surface area contributed by atoms with Gasteiger partial charge in [0.2, 0.25) is 5.89 Å². The third-order valence-electron chi connectivity index (χ3n) is 4.19. The molecule has 0 aliphatic carbocycles. The standard InChI is InChI=1S/C19H16N2O3/c1-12-15-7-2-3-8-16(15)24-17(12)18(22)21-14-6-4-5-13(11-14)19-20-9-10-23-19/h2-12,17H,1H3,(H,21,22). The lowest BCUT2D eigenvalue weighted by Crippen LogP contribution is -2.33. The van der Waals surface area contributed by atoms with E-state index in [0.29, 0.717) is 11.6 Å². The Bertz CT molecular complexity index is 874. The molecular formula is C19H16N2O3. The number of fused-ring (bicyclic) bond motifs is 1. The van der Waals surface area contributed by atoms with E-state index in [9.17, 15) is 4.79 Å². The zero-order chi connectivity index (χ0) is 16.5. The Morgan fingerprint density at radius 2 is 2.04 bits per heavy atom. The first kappa shape index (κ1) is 14.5. The summed E-state index contributed by atoms with van der Waals surface area (Å²) in [4.78, 5) is 16.7. The fourth-order valence-electron chi connectivity index (χ4n) is 2.96. The molecule has 1 N–H and O–H groups in total. The summed E-state index contributed by atoms with van der Waals surface area (Å²) >= 11 is 0. The molecule has 0 saturated carbocycles. The molecule has 4 rings (SSSR count). The highest BCUT2D eigenvalue weighted by Gasteiger charge is 2.36. The lowest BCUT2D eigenvalue weighted by Gasteiger charge is -2.15. The molecule has 120 valence electrons. The van der Waals surface area contributed by atoms with Crippen molar-refractivity contribution in [3.8, 4) is 17.2 Å². The van der Waals surface area contributed by atoms with E-state index < -0.39 is 6.10 Å². The first-order valence-corrected chi connectivity index (χ1v) is 7.79. The third kappa shape index (κ3) is 2.54. The Morgan fingerprint density at radius 3 is 2.83 bits per heavy atom. The molecule has 5 heteroatoms. The molecule has 0 spiro atoms. The van der Waals surface area contributed by atoms with Crippen LogP contribution in [0, 0.1) is 0 Å². The number of nitrogens with zero attached hydrogens (tertiary/aromatic N) is 1. The average molecular weight is 320 g/mol. The predicted molar refractivity (Wildman–Crippen MR) is 89.8 cm³/mol. The van der Waals surface area contributed by atoms with Crippen molar-refractivity contribution < 1.29 is 13.9 Å². The first-order valence-electron chi connectivity index (χ1n) is 7.79. The highest BCUT2D eigenvalue weighted by Crippen LogP contribution is 2.38. The smallest absolute Gasteiger partial charge is 0.266 e. The van der Waals surface area contributed by atoms with Crippen LogP contribution >= 0.6 is 0 Å². The molecule has 0 saturated heterocycles. The van der Waals surface area contributed by atoms with E-state index >= 15 is 0 Å². The first-order chi connectivity index (χ1) is 11.7. The van der Waals surface area contributed by atoms with Crippen molar-refractivity contribution in [3.05, 3.63) is 66.6 Å². The summed E-state index contributed by atoms with van der Waals surface area (Å²) in [6, 6.07) is 15.1. The summed E-state index contributed by atoms with van der Waals surface area (Å²) in [5.74, 6) is 1.14. The number of carbonyl (C=O) groups is 1. The molecule has 2 unspecified atom stereocenters. The van der Waals surface area contributed by atoms with Crippen LogP contribution in [0.3, 0.4) is 0 Å². The Kier molecular flexibility index (Phi) is 3.54. The monoisotopic (exact) mass is 320 g/mol. The van der Waals surface area contributed by atoms with Gasteiger partial charge in [0, 0.05) is 22.7 Å². The summed E-state index contributed by atoms with van der Waals surface area (Å²) < 4.78 is 11.1. The summed E-state index contributed by atoms with van der Waals surface area (Å²) in [6.07, 6.45) is 2.57. The van der Waals surface area contributed by atoms with E-state index in [-0.39, 0.29) is 11.8 Å². The number of hydrogen-bond acceptors (Lipinski definition) is 4. The molecule has 5 nitrogen and oxygen atoms in total. The molecule has 1 aromatic heterocycles. The number of amides is 1. The SMILES string of the molecule is CC1c2ccccc2OC1C(=O)Nc1cccc(-c2ncco2)c1. The molecule has 2 heterocycles. The van der Waals surface area contributed by atoms with Crippen LogP contribution in [0.5, 0.6) is 5.75 Å². The van der Waals surface area contributed by atoms with Gasteiger partial charge in [-0.3, -0.25) is 4.79 Å². The number of nitrogens with one attached hydrogen (secondary N) is 1. The maximum absolute atomic E-state index is 12.6. The number of carbonyl (C=O) groups excluding carboxylic acids is 1. The number of anilines is 1. The lowest BCUT2D eigenvalue weighted by atomic mass is 9.97. The van der Waals surface area contributed by atoms with Crippen molar-refractivity contribution in [2.75, 3.05) is 5.32 Å². The van der Waals surface area contributed by atoms with Gasteiger partial charge < -0.3 is 14.5 Å². The second-order valence-electron chi connectivity index (χ2n) is 5.77. The molecule has 24 heavy (non-hydrogen) atoms. The number of aromatic nitrogens is 1. The van der Waals surface area contributed by atoms with Crippen molar-refractivity contribution in [1.82, 2.24) is 4.98 Å². The quantitative estimate of drug-likeness (QED) is 0.796. The van der Waals surface area contributed by atoms with Gasteiger partial charge in [-0.05, 0) is 24.3 Å². The highest BCUT2D eigenvalue weighted by atomic mass is 16.5. The number of para-hydroxylation sites is 1. The number of benzene rings is 2. The van der Waals surface area contributed by atoms with Crippen LogP contribution in [0.1, 0.15) is 18.4 Å². The maximum atomic E-state index is 12.6. The van der Waals surface area contributed by atoms with E-state index in [1.54, 1.807) is 6.20 Å². The second-order valence-corrected chi connectivity index (χ2v) is 5.77. The zero-order valence-electron chi connectivity index (χ0n) is 13.1. The summed E-state index contributed by atoms with van der Waals surface area (Å²) in [7, 11) is 0.